The van der Waals surface area contributed by atoms with Gasteiger partial charge in [-0.25, -0.2) is 9.59 Å². The molecule has 7 nitrogen and oxygen atoms in total. The lowest BCUT2D eigenvalue weighted by Crippen LogP contribution is -2.41. The largest absolute Gasteiger partial charge is 0.480 e. The molecule has 1 aliphatic rings. The first kappa shape index (κ1) is 19.4. The molecule has 146 valence electrons. The molecule has 0 radical (unpaired) electrons. The van der Waals surface area contributed by atoms with Gasteiger partial charge >= 0.3 is 12.1 Å². The Hall–Kier alpha value is -3.35. The summed E-state index contributed by atoms with van der Waals surface area (Å²) in [5, 5.41) is 11.6. The number of carboxylic acids is 1. The molecule has 0 heterocycles. The second kappa shape index (κ2) is 8.56. The lowest BCUT2D eigenvalue weighted by molar-refractivity contribution is -0.139. The van der Waals surface area contributed by atoms with Gasteiger partial charge in [0, 0.05) is 12.3 Å². The monoisotopic (exact) mass is 382 g/mol. The first-order valence-electron chi connectivity index (χ1n) is 9.10. The maximum atomic E-state index is 12.1. The molecule has 0 spiro atoms. The van der Waals surface area contributed by atoms with Crippen LogP contribution in [0.2, 0.25) is 0 Å². The van der Waals surface area contributed by atoms with Gasteiger partial charge in [0.1, 0.15) is 12.6 Å². The average molecular weight is 382 g/mol. The quantitative estimate of drug-likeness (QED) is 0.648. The number of nitrogens with one attached hydrogen (secondary N) is 1. The number of fused-ring (bicyclic) bond motifs is 3. The van der Waals surface area contributed by atoms with Crippen molar-refractivity contribution < 1.29 is 24.2 Å². The second-order valence-corrected chi connectivity index (χ2v) is 6.72. The summed E-state index contributed by atoms with van der Waals surface area (Å²) in [6.45, 7) is 0.105. The fourth-order valence-electron chi connectivity index (χ4n) is 3.52. The highest BCUT2D eigenvalue weighted by Gasteiger charge is 2.29. The smallest absolute Gasteiger partial charge is 0.407 e. The third-order valence-corrected chi connectivity index (χ3v) is 4.85. The SMILES string of the molecule is NC(=O)CCC[C@@H](NC(=O)OCC1c2ccccc2-c2ccccc21)C(=O)O. The van der Waals surface area contributed by atoms with Gasteiger partial charge in [0.05, 0.1) is 0 Å². The van der Waals surface area contributed by atoms with Crippen LogP contribution in [0.3, 0.4) is 0 Å². The summed E-state index contributed by atoms with van der Waals surface area (Å²) in [5.74, 6) is -1.79. The van der Waals surface area contributed by atoms with E-state index in [4.69, 9.17) is 10.5 Å². The number of alkyl carbamates (subject to hydrolysis) is 1. The Labute approximate surface area is 162 Å². The number of carbonyl (C=O) groups excluding carboxylic acids is 2. The van der Waals surface area contributed by atoms with Crippen LogP contribution < -0.4 is 11.1 Å². The maximum absolute atomic E-state index is 12.1. The number of primary amides is 1. The Kier molecular flexibility index (Phi) is 5.93. The van der Waals surface area contributed by atoms with Crippen LogP contribution in [-0.4, -0.2) is 35.7 Å². The number of ether oxygens (including phenoxy) is 1. The number of carbonyl (C=O) groups is 3. The summed E-state index contributed by atoms with van der Waals surface area (Å²) in [6, 6.07) is 14.8. The normalized spacial score (nSPS) is 13.3. The molecule has 2 aromatic rings. The molecule has 0 saturated heterocycles. The summed E-state index contributed by atoms with van der Waals surface area (Å²) in [4.78, 5) is 34.2. The molecule has 0 aromatic heterocycles. The number of rotatable bonds is 8. The van der Waals surface area contributed by atoms with Gasteiger partial charge in [-0.15, -0.1) is 0 Å². The van der Waals surface area contributed by atoms with Crippen molar-refractivity contribution in [3.05, 3.63) is 59.7 Å². The molecule has 1 aliphatic carbocycles. The number of amides is 2. The Bertz CT molecular complexity index is 850. The zero-order valence-electron chi connectivity index (χ0n) is 15.3. The van der Waals surface area contributed by atoms with E-state index in [2.05, 4.69) is 5.32 Å². The van der Waals surface area contributed by atoms with Crippen LogP contribution in [0, 0.1) is 0 Å². The molecule has 3 rings (SSSR count). The molecule has 2 aromatic carbocycles. The van der Waals surface area contributed by atoms with Gasteiger partial charge < -0.3 is 20.9 Å². The van der Waals surface area contributed by atoms with E-state index in [0.29, 0.717) is 0 Å². The first-order chi connectivity index (χ1) is 13.5. The number of carboxylic acid groups (broad SMARTS) is 1. The third-order valence-electron chi connectivity index (χ3n) is 4.85. The van der Waals surface area contributed by atoms with Gasteiger partial charge in [0.2, 0.25) is 5.91 Å². The van der Waals surface area contributed by atoms with Crippen molar-refractivity contribution in [2.75, 3.05) is 6.61 Å². The standard InChI is InChI=1S/C21H22N2O5/c22-19(24)11-5-10-18(20(25)26)23-21(27)28-12-17-15-8-3-1-6-13(15)14-7-2-4-9-16(14)17/h1-4,6-9,17-18H,5,10-12H2,(H2,22,24)(H,23,27)(H,25,26)/t18-/m1/s1. The van der Waals surface area contributed by atoms with Crippen molar-refractivity contribution >= 4 is 18.0 Å². The Morgan fingerprint density at radius 3 is 2.14 bits per heavy atom. The van der Waals surface area contributed by atoms with Crippen molar-refractivity contribution in [3.63, 3.8) is 0 Å². The van der Waals surface area contributed by atoms with Gasteiger partial charge in [-0.05, 0) is 35.1 Å². The highest BCUT2D eigenvalue weighted by molar-refractivity contribution is 5.81. The van der Waals surface area contributed by atoms with Crippen molar-refractivity contribution in [1.82, 2.24) is 5.32 Å². The maximum Gasteiger partial charge on any atom is 0.407 e. The molecule has 0 fully saturated rings. The van der Waals surface area contributed by atoms with Gasteiger partial charge in [-0.3, -0.25) is 4.79 Å². The third kappa shape index (κ3) is 4.31. The minimum atomic E-state index is -1.18. The summed E-state index contributed by atoms with van der Waals surface area (Å²) in [6.07, 6.45) is -0.359. The van der Waals surface area contributed by atoms with E-state index in [1.807, 2.05) is 48.5 Å². The summed E-state index contributed by atoms with van der Waals surface area (Å²) < 4.78 is 5.34. The summed E-state index contributed by atoms with van der Waals surface area (Å²) in [7, 11) is 0. The summed E-state index contributed by atoms with van der Waals surface area (Å²) >= 11 is 0. The first-order valence-corrected chi connectivity index (χ1v) is 9.10. The average Bonchev–Trinajstić information content (AvgIpc) is 2.99. The van der Waals surface area contributed by atoms with Crippen LogP contribution in [0.15, 0.2) is 48.5 Å². The molecule has 0 unspecified atom stereocenters. The molecule has 7 heteroatoms. The van der Waals surface area contributed by atoms with Gasteiger partial charge in [0.25, 0.3) is 0 Å². The predicted octanol–water partition coefficient (Wildman–Crippen LogP) is 2.63. The summed E-state index contributed by atoms with van der Waals surface area (Å²) in [5.41, 5.74) is 9.43. The molecular weight excluding hydrogens is 360 g/mol. The minimum absolute atomic E-state index is 0.0656. The van der Waals surface area contributed by atoms with E-state index in [1.165, 1.54) is 0 Å². The molecular formula is C21H22N2O5. The molecule has 28 heavy (non-hydrogen) atoms. The highest BCUT2D eigenvalue weighted by Crippen LogP contribution is 2.44. The van der Waals surface area contributed by atoms with E-state index in [0.717, 1.165) is 22.3 Å². The molecule has 2 amide bonds. The van der Waals surface area contributed by atoms with Crippen LogP contribution in [0.4, 0.5) is 4.79 Å². The lowest BCUT2D eigenvalue weighted by atomic mass is 9.98. The lowest BCUT2D eigenvalue weighted by Gasteiger charge is -2.17. The molecule has 0 aliphatic heterocycles. The van der Waals surface area contributed by atoms with E-state index < -0.39 is 24.0 Å². The van der Waals surface area contributed by atoms with Gasteiger partial charge in [0.15, 0.2) is 0 Å². The Morgan fingerprint density at radius 2 is 1.61 bits per heavy atom. The van der Waals surface area contributed by atoms with Gasteiger partial charge in [-0.2, -0.15) is 0 Å². The van der Waals surface area contributed by atoms with Crippen LogP contribution in [0.25, 0.3) is 11.1 Å². The zero-order valence-corrected chi connectivity index (χ0v) is 15.3. The van der Waals surface area contributed by atoms with Crippen LogP contribution >= 0.6 is 0 Å². The van der Waals surface area contributed by atoms with Crippen LogP contribution in [0.1, 0.15) is 36.3 Å². The minimum Gasteiger partial charge on any atom is -0.480 e. The predicted molar refractivity (Wildman–Crippen MR) is 103 cm³/mol. The van der Waals surface area contributed by atoms with Crippen molar-refractivity contribution in [2.24, 2.45) is 5.73 Å². The topological polar surface area (TPSA) is 119 Å². The van der Waals surface area contributed by atoms with Crippen molar-refractivity contribution in [3.8, 4) is 11.1 Å². The molecule has 0 saturated carbocycles. The fraction of sp³-hybridized carbons (Fsp3) is 0.286. The molecule has 1 atom stereocenters. The second-order valence-electron chi connectivity index (χ2n) is 6.72. The number of benzene rings is 2. The molecule has 4 N–H and O–H groups in total. The van der Waals surface area contributed by atoms with E-state index >= 15 is 0 Å². The Balaban J connectivity index is 1.62. The van der Waals surface area contributed by atoms with E-state index in [-0.39, 0.29) is 31.8 Å². The number of aliphatic carboxylic acids is 1. The van der Waals surface area contributed by atoms with Crippen LogP contribution in [0.5, 0.6) is 0 Å². The van der Waals surface area contributed by atoms with E-state index in [9.17, 15) is 19.5 Å². The number of hydrogen-bond donors (Lipinski definition) is 3. The zero-order chi connectivity index (χ0) is 20.1. The van der Waals surface area contributed by atoms with Crippen molar-refractivity contribution in [1.29, 1.82) is 0 Å². The Morgan fingerprint density at radius 1 is 1.04 bits per heavy atom. The molecule has 0 bridgehead atoms. The fourth-order valence-corrected chi connectivity index (χ4v) is 3.52. The van der Waals surface area contributed by atoms with Crippen molar-refractivity contribution in [2.45, 2.75) is 31.2 Å². The number of nitrogens with two attached hydrogens (primary N) is 1. The van der Waals surface area contributed by atoms with E-state index in [1.54, 1.807) is 0 Å². The highest BCUT2D eigenvalue weighted by atomic mass is 16.5. The van der Waals surface area contributed by atoms with Gasteiger partial charge in [-0.1, -0.05) is 48.5 Å². The van der Waals surface area contributed by atoms with Crippen LogP contribution in [-0.2, 0) is 14.3 Å². The number of hydrogen-bond acceptors (Lipinski definition) is 4.